The number of pyridine rings is 1. The Bertz CT molecular complexity index is 1260. The monoisotopic (exact) mass is 433 g/mol. The summed E-state index contributed by atoms with van der Waals surface area (Å²) in [6, 6.07) is 8.25. The third-order valence-electron chi connectivity index (χ3n) is 5.32. The van der Waals surface area contributed by atoms with Crippen LogP contribution in [0.1, 0.15) is 24.5 Å². The standard InChI is InChI=1S/C22H23N7OS/c1-2-3-14-10-26-21(23)28-19(14)29-6-7-30-18-5-4-13(8-16(18)12-29)15-9-17-20(25-11-15)31-22(24)27-17/h4-5,8-11H,2-3,6-7,12H2,1H3,(H2,24,27)(H2,23,26,28). The number of anilines is 3. The minimum absolute atomic E-state index is 0.288. The van der Waals surface area contributed by atoms with E-state index in [1.165, 1.54) is 11.3 Å². The Balaban J connectivity index is 1.51. The van der Waals surface area contributed by atoms with Gasteiger partial charge in [-0.25, -0.2) is 15.0 Å². The highest BCUT2D eigenvalue weighted by molar-refractivity contribution is 7.21. The maximum atomic E-state index is 6.04. The van der Waals surface area contributed by atoms with Crippen LogP contribution in [-0.4, -0.2) is 33.1 Å². The van der Waals surface area contributed by atoms with Gasteiger partial charge in [0.1, 0.15) is 28.5 Å². The van der Waals surface area contributed by atoms with E-state index in [1.54, 1.807) is 0 Å². The van der Waals surface area contributed by atoms with Crippen LogP contribution in [0.5, 0.6) is 5.75 Å². The summed E-state index contributed by atoms with van der Waals surface area (Å²) in [4.78, 5) is 20.7. The third kappa shape index (κ3) is 3.84. The molecule has 0 saturated heterocycles. The van der Waals surface area contributed by atoms with Crippen LogP contribution in [0.4, 0.5) is 16.9 Å². The molecular formula is C22H23N7OS. The number of hydrogen-bond donors (Lipinski definition) is 2. The molecule has 31 heavy (non-hydrogen) atoms. The summed E-state index contributed by atoms with van der Waals surface area (Å²) in [5.74, 6) is 2.06. The van der Waals surface area contributed by atoms with Gasteiger partial charge in [0.2, 0.25) is 5.95 Å². The molecule has 0 radical (unpaired) electrons. The molecule has 0 aliphatic carbocycles. The highest BCUT2D eigenvalue weighted by atomic mass is 32.1. The minimum atomic E-state index is 0.288. The summed E-state index contributed by atoms with van der Waals surface area (Å²) < 4.78 is 6.04. The molecule has 0 bridgehead atoms. The van der Waals surface area contributed by atoms with Gasteiger partial charge in [0, 0.05) is 35.6 Å². The van der Waals surface area contributed by atoms with Crippen LogP contribution in [0.2, 0.25) is 0 Å². The van der Waals surface area contributed by atoms with Gasteiger partial charge in [-0.05, 0) is 30.2 Å². The number of nitrogens with two attached hydrogens (primary N) is 2. The van der Waals surface area contributed by atoms with E-state index < -0.39 is 0 Å². The molecule has 4 N–H and O–H groups in total. The number of hydrogen-bond acceptors (Lipinski definition) is 9. The average molecular weight is 434 g/mol. The molecule has 0 amide bonds. The zero-order valence-electron chi connectivity index (χ0n) is 17.2. The lowest BCUT2D eigenvalue weighted by Crippen LogP contribution is -2.27. The Morgan fingerprint density at radius 1 is 1.10 bits per heavy atom. The van der Waals surface area contributed by atoms with Crippen molar-refractivity contribution in [1.29, 1.82) is 0 Å². The maximum absolute atomic E-state index is 6.04. The number of thiazole rings is 1. The molecule has 0 spiro atoms. The second-order valence-electron chi connectivity index (χ2n) is 7.52. The summed E-state index contributed by atoms with van der Waals surface area (Å²) in [7, 11) is 0. The Morgan fingerprint density at radius 2 is 2.00 bits per heavy atom. The van der Waals surface area contributed by atoms with Gasteiger partial charge in [0.05, 0.1) is 6.54 Å². The lowest BCUT2D eigenvalue weighted by Gasteiger charge is -2.23. The first-order valence-electron chi connectivity index (χ1n) is 10.2. The van der Waals surface area contributed by atoms with E-state index in [1.807, 2.05) is 24.5 Å². The van der Waals surface area contributed by atoms with Gasteiger partial charge in [-0.3, -0.25) is 0 Å². The molecule has 3 aromatic heterocycles. The van der Waals surface area contributed by atoms with Crippen LogP contribution in [0.3, 0.4) is 0 Å². The zero-order chi connectivity index (χ0) is 21.4. The second-order valence-corrected chi connectivity index (χ2v) is 8.53. The number of aromatic nitrogens is 4. The molecule has 0 saturated carbocycles. The van der Waals surface area contributed by atoms with Gasteiger partial charge in [0.25, 0.3) is 0 Å². The zero-order valence-corrected chi connectivity index (χ0v) is 18.0. The molecule has 1 aliphatic heterocycles. The van der Waals surface area contributed by atoms with Crippen LogP contribution in [0.25, 0.3) is 21.5 Å². The molecule has 9 heteroatoms. The van der Waals surface area contributed by atoms with Gasteiger partial charge in [0.15, 0.2) is 5.13 Å². The molecule has 1 aromatic carbocycles. The SMILES string of the molecule is CCCc1cnc(N)nc1N1CCOc2ccc(-c3cnc4sc(N)nc4c3)cc2C1. The predicted molar refractivity (Wildman–Crippen MR) is 124 cm³/mol. The largest absolute Gasteiger partial charge is 0.491 e. The van der Waals surface area contributed by atoms with Crippen LogP contribution in [0, 0.1) is 0 Å². The summed E-state index contributed by atoms with van der Waals surface area (Å²) in [6.07, 6.45) is 5.62. The quantitative estimate of drug-likeness (QED) is 0.501. The Labute approximate surface area is 183 Å². The van der Waals surface area contributed by atoms with E-state index in [0.717, 1.165) is 63.6 Å². The highest BCUT2D eigenvalue weighted by Gasteiger charge is 2.20. The number of nitrogens with zero attached hydrogens (tertiary/aromatic N) is 5. The molecule has 8 nitrogen and oxygen atoms in total. The summed E-state index contributed by atoms with van der Waals surface area (Å²) in [5.41, 5.74) is 16.8. The molecule has 4 heterocycles. The van der Waals surface area contributed by atoms with Gasteiger partial charge in [-0.15, -0.1) is 0 Å². The van der Waals surface area contributed by atoms with E-state index in [0.29, 0.717) is 18.3 Å². The van der Waals surface area contributed by atoms with E-state index in [2.05, 4.69) is 43.9 Å². The average Bonchev–Trinajstić information content (AvgIpc) is 3.00. The van der Waals surface area contributed by atoms with Gasteiger partial charge in [-0.1, -0.05) is 30.7 Å². The van der Waals surface area contributed by atoms with Gasteiger partial charge >= 0.3 is 0 Å². The lowest BCUT2D eigenvalue weighted by molar-refractivity contribution is 0.331. The Morgan fingerprint density at radius 3 is 2.87 bits per heavy atom. The van der Waals surface area contributed by atoms with Crippen LogP contribution >= 0.6 is 11.3 Å². The van der Waals surface area contributed by atoms with Crippen molar-refractivity contribution in [2.45, 2.75) is 26.3 Å². The van der Waals surface area contributed by atoms with Crippen molar-refractivity contribution in [3.05, 3.63) is 47.8 Å². The number of ether oxygens (including phenoxy) is 1. The first-order valence-corrected chi connectivity index (χ1v) is 11.1. The van der Waals surface area contributed by atoms with Crippen molar-refractivity contribution in [1.82, 2.24) is 19.9 Å². The molecular weight excluding hydrogens is 410 g/mol. The second kappa shape index (κ2) is 7.99. The molecule has 0 unspecified atom stereocenters. The molecule has 5 rings (SSSR count). The molecule has 0 atom stereocenters. The van der Waals surface area contributed by atoms with E-state index >= 15 is 0 Å². The van der Waals surface area contributed by atoms with Crippen LogP contribution in [0.15, 0.2) is 36.7 Å². The normalized spacial score (nSPS) is 13.6. The van der Waals surface area contributed by atoms with Crippen molar-refractivity contribution in [2.75, 3.05) is 29.5 Å². The highest BCUT2D eigenvalue weighted by Crippen LogP contribution is 2.33. The number of nitrogen functional groups attached to an aromatic ring is 2. The van der Waals surface area contributed by atoms with Crippen molar-refractivity contribution >= 4 is 38.6 Å². The molecule has 0 fully saturated rings. The molecule has 1 aliphatic rings. The molecule has 158 valence electrons. The van der Waals surface area contributed by atoms with Crippen LogP contribution < -0.4 is 21.1 Å². The van der Waals surface area contributed by atoms with Crippen LogP contribution in [-0.2, 0) is 13.0 Å². The van der Waals surface area contributed by atoms with Crippen molar-refractivity contribution in [2.24, 2.45) is 0 Å². The molecule has 4 aromatic rings. The van der Waals surface area contributed by atoms with E-state index in [-0.39, 0.29) is 5.95 Å². The topological polar surface area (TPSA) is 116 Å². The lowest BCUT2D eigenvalue weighted by atomic mass is 10.0. The fourth-order valence-electron chi connectivity index (χ4n) is 3.88. The fourth-order valence-corrected chi connectivity index (χ4v) is 4.54. The Kier molecular flexibility index (Phi) is 5.03. The fraction of sp³-hybridized carbons (Fsp3) is 0.273. The summed E-state index contributed by atoms with van der Waals surface area (Å²) >= 11 is 1.39. The Hall–Kier alpha value is -3.46. The third-order valence-corrected chi connectivity index (χ3v) is 6.13. The van der Waals surface area contributed by atoms with E-state index in [9.17, 15) is 0 Å². The summed E-state index contributed by atoms with van der Waals surface area (Å²) in [5, 5.41) is 0.526. The predicted octanol–water partition coefficient (Wildman–Crippen LogP) is 3.66. The minimum Gasteiger partial charge on any atom is -0.491 e. The first kappa shape index (κ1) is 19.5. The van der Waals surface area contributed by atoms with Crippen molar-refractivity contribution < 1.29 is 4.74 Å². The van der Waals surface area contributed by atoms with Gasteiger partial charge in [-0.2, -0.15) is 4.98 Å². The number of aryl methyl sites for hydroxylation is 1. The number of benzene rings is 1. The number of fused-ring (bicyclic) bond motifs is 2. The smallest absolute Gasteiger partial charge is 0.221 e. The van der Waals surface area contributed by atoms with Gasteiger partial charge < -0.3 is 21.1 Å². The first-order chi connectivity index (χ1) is 15.1. The maximum Gasteiger partial charge on any atom is 0.221 e. The number of rotatable bonds is 4. The van der Waals surface area contributed by atoms with Crippen molar-refractivity contribution in [3.8, 4) is 16.9 Å². The van der Waals surface area contributed by atoms with E-state index in [4.69, 9.17) is 16.2 Å². The van der Waals surface area contributed by atoms with Crippen molar-refractivity contribution in [3.63, 3.8) is 0 Å². The summed E-state index contributed by atoms with van der Waals surface area (Å²) in [6.45, 7) is 4.12.